The van der Waals surface area contributed by atoms with E-state index in [0.29, 0.717) is 13.1 Å². The Balaban J connectivity index is 1.28. The van der Waals surface area contributed by atoms with E-state index in [-0.39, 0.29) is 18.1 Å². The molecule has 4 rings (SSSR count). The average molecular weight is 431 g/mol. The molecule has 6 nitrogen and oxygen atoms in total. The van der Waals surface area contributed by atoms with E-state index in [2.05, 4.69) is 14.8 Å². The summed E-state index contributed by atoms with van der Waals surface area (Å²) in [6.07, 6.45) is -4.43. The Morgan fingerprint density at radius 1 is 1.03 bits per heavy atom. The number of anilines is 1. The number of aromatic nitrogens is 2. The summed E-state index contributed by atoms with van der Waals surface area (Å²) < 4.78 is 40.6. The van der Waals surface area contributed by atoms with E-state index >= 15 is 0 Å². The Labute approximate surface area is 178 Å². The maximum absolute atomic E-state index is 12.8. The topological polar surface area (TPSA) is 53.4 Å². The third kappa shape index (κ3) is 5.05. The second kappa shape index (κ2) is 8.68. The number of para-hydroxylation sites is 2. The number of carbonyl (C=O) groups is 1. The van der Waals surface area contributed by atoms with Crippen molar-refractivity contribution in [1.82, 2.24) is 19.4 Å². The van der Waals surface area contributed by atoms with Crippen LogP contribution in [-0.2, 0) is 24.6 Å². The molecule has 9 heteroatoms. The highest BCUT2D eigenvalue weighted by molar-refractivity contribution is 5.92. The Morgan fingerprint density at radius 3 is 2.45 bits per heavy atom. The van der Waals surface area contributed by atoms with Crippen LogP contribution in [0, 0.1) is 0 Å². The fourth-order valence-electron chi connectivity index (χ4n) is 3.82. The van der Waals surface area contributed by atoms with E-state index in [1.54, 1.807) is 0 Å². The number of halogens is 3. The Hall–Kier alpha value is -2.91. The lowest BCUT2D eigenvalue weighted by molar-refractivity contribution is -0.137. The quantitative estimate of drug-likeness (QED) is 0.673. The molecule has 0 unspecified atom stereocenters. The van der Waals surface area contributed by atoms with Gasteiger partial charge in [-0.05, 0) is 30.3 Å². The molecule has 0 bridgehead atoms. The highest BCUT2D eigenvalue weighted by atomic mass is 19.4. The van der Waals surface area contributed by atoms with Crippen LogP contribution in [0.4, 0.5) is 18.9 Å². The van der Waals surface area contributed by atoms with Crippen molar-refractivity contribution in [2.75, 3.05) is 38.0 Å². The monoisotopic (exact) mass is 431 g/mol. The third-order valence-corrected chi connectivity index (χ3v) is 5.55. The van der Waals surface area contributed by atoms with Gasteiger partial charge in [-0.15, -0.1) is 0 Å². The van der Waals surface area contributed by atoms with Gasteiger partial charge in [0.2, 0.25) is 5.91 Å². The highest BCUT2D eigenvalue weighted by Crippen LogP contribution is 2.30. The van der Waals surface area contributed by atoms with E-state index in [4.69, 9.17) is 4.98 Å². The largest absolute Gasteiger partial charge is 0.416 e. The van der Waals surface area contributed by atoms with Crippen molar-refractivity contribution in [3.05, 3.63) is 59.9 Å². The molecule has 0 spiro atoms. The zero-order valence-corrected chi connectivity index (χ0v) is 17.2. The first kappa shape index (κ1) is 21.3. The summed E-state index contributed by atoms with van der Waals surface area (Å²) in [5.74, 6) is 0.681. The van der Waals surface area contributed by atoms with Gasteiger partial charge in [0.1, 0.15) is 5.82 Å². The van der Waals surface area contributed by atoms with Crippen molar-refractivity contribution in [1.29, 1.82) is 0 Å². The van der Waals surface area contributed by atoms with Gasteiger partial charge in [-0.2, -0.15) is 13.2 Å². The number of benzene rings is 2. The van der Waals surface area contributed by atoms with Gasteiger partial charge in [0.25, 0.3) is 0 Å². The van der Waals surface area contributed by atoms with Crippen LogP contribution in [0.3, 0.4) is 0 Å². The molecule has 1 aliphatic heterocycles. The predicted octanol–water partition coefficient (Wildman–Crippen LogP) is 3.35. The number of piperazine rings is 1. The summed E-state index contributed by atoms with van der Waals surface area (Å²) in [4.78, 5) is 21.3. The first-order chi connectivity index (χ1) is 14.8. The molecule has 0 saturated carbocycles. The van der Waals surface area contributed by atoms with E-state index in [9.17, 15) is 18.0 Å². The number of imidazole rings is 1. The molecular weight excluding hydrogens is 407 g/mol. The summed E-state index contributed by atoms with van der Waals surface area (Å²) in [5, 5.41) is 2.57. The minimum absolute atomic E-state index is 0.149. The lowest BCUT2D eigenvalue weighted by Crippen LogP contribution is -2.48. The lowest BCUT2D eigenvalue weighted by Gasteiger charge is -2.34. The molecule has 2 aromatic carbocycles. The number of nitrogens with zero attached hydrogens (tertiary/aromatic N) is 4. The summed E-state index contributed by atoms with van der Waals surface area (Å²) >= 11 is 0. The van der Waals surface area contributed by atoms with Gasteiger partial charge in [0, 0.05) is 38.9 Å². The normalized spacial score (nSPS) is 16.0. The molecule has 0 aliphatic carbocycles. The first-order valence-corrected chi connectivity index (χ1v) is 10.1. The van der Waals surface area contributed by atoms with Gasteiger partial charge in [-0.25, -0.2) is 4.98 Å². The van der Waals surface area contributed by atoms with E-state index in [1.165, 1.54) is 12.1 Å². The lowest BCUT2D eigenvalue weighted by atomic mass is 10.2. The van der Waals surface area contributed by atoms with Crippen LogP contribution in [0.15, 0.2) is 48.5 Å². The average Bonchev–Trinajstić information content (AvgIpc) is 3.05. The number of alkyl halides is 3. The van der Waals surface area contributed by atoms with Gasteiger partial charge in [-0.3, -0.25) is 14.6 Å². The second-order valence-electron chi connectivity index (χ2n) is 7.75. The molecule has 31 heavy (non-hydrogen) atoms. The highest BCUT2D eigenvalue weighted by Gasteiger charge is 2.30. The van der Waals surface area contributed by atoms with Crippen molar-refractivity contribution in [2.24, 2.45) is 7.05 Å². The number of amides is 1. The maximum atomic E-state index is 12.8. The van der Waals surface area contributed by atoms with Crippen LogP contribution in [0.1, 0.15) is 11.4 Å². The van der Waals surface area contributed by atoms with Crippen LogP contribution in [0.5, 0.6) is 0 Å². The van der Waals surface area contributed by atoms with Gasteiger partial charge in [0.05, 0.1) is 29.7 Å². The number of fused-ring (bicyclic) bond motifs is 1. The summed E-state index contributed by atoms with van der Waals surface area (Å²) in [5.41, 5.74) is 1.45. The number of hydrogen-bond donors (Lipinski definition) is 1. The zero-order valence-electron chi connectivity index (χ0n) is 17.2. The molecule has 1 aliphatic rings. The molecule has 0 radical (unpaired) electrons. The van der Waals surface area contributed by atoms with E-state index in [0.717, 1.165) is 48.6 Å². The number of nitrogens with one attached hydrogen (secondary N) is 1. The van der Waals surface area contributed by atoms with Crippen LogP contribution in [0.25, 0.3) is 11.0 Å². The fraction of sp³-hybridized carbons (Fsp3) is 0.364. The SMILES string of the molecule is Cn1c(CN2CCN(CC(=O)Nc3cccc(C(F)(F)F)c3)CC2)nc2ccccc21. The summed E-state index contributed by atoms with van der Waals surface area (Å²) in [6.45, 7) is 3.88. The van der Waals surface area contributed by atoms with E-state index < -0.39 is 11.7 Å². The Morgan fingerprint density at radius 2 is 1.74 bits per heavy atom. The minimum atomic E-state index is -4.43. The molecule has 3 aromatic rings. The zero-order chi connectivity index (χ0) is 22.0. The van der Waals surface area contributed by atoms with Crippen LogP contribution >= 0.6 is 0 Å². The molecule has 1 amide bonds. The third-order valence-electron chi connectivity index (χ3n) is 5.55. The standard InChI is InChI=1S/C22H24F3N5O/c1-28-19-8-3-2-7-18(19)27-20(28)14-29-9-11-30(12-10-29)15-21(31)26-17-6-4-5-16(13-17)22(23,24)25/h2-8,13H,9-12,14-15H2,1H3,(H,26,31). The molecule has 1 N–H and O–H groups in total. The van der Waals surface area contributed by atoms with Crippen LogP contribution in [0.2, 0.25) is 0 Å². The minimum Gasteiger partial charge on any atom is -0.330 e. The number of hydrogen-bond acceptors (Lipinski definition) is 4. The van der Waals surface area contributed by atoms with Crippen molar-refractivity contribution in [3.8, 4) is 0 Å². The molecule has 2 heterocycles. The second-order valence-corrected chi connectivity index (χ2v) is 7.75. The Bertz CT molecular complexity index is 1070. The Kier molecular flexibility index (Phi) is 5.97. The van der Waals surface area contributed by atoms with Gasteiger partial charge >= 0.3 is 6.18 Å². The predicted molar refractivity (Wildman–Crippen MR) is 113 cm³/mol. The molecule has 1 aromatic heterocycles. The molecule has 1 fully saturated rings. The number of aryl methyl sites for hydroxylation is 1. The fourth-order valence-corrected chi connectivity index (χ4v) is 3.82. The molecule has 1 saturated heterocycles. The first-order valence-electron chi connectivity index (χ1n) is 10.1. The van der Waals surface area contributed by atoms with Gasteiger partial charge in [-0.1, -0.05) is 18.2 Å². The van der Waals surface area contributed by atoms with Crippen molar-refractivity contribution >= 4 is 22.6 Å². The summed E-state index contributed by atoms with van der Waals surface area (Å²) in [7, 11) is 2.01. The van der Waals surface area contributed by atoms with E-state index in [1.807, 2.05) is 36.2 Å². The number of rotatable bonds is 5. The van der Waals surface area contributed by atoms with Crippen LogP contribution in [-0.4, -0.2) is 58.0 Å². The number of carbonyl (C=O) groups excluding carboxylic acids is 1. The van der Waals surface area contributed by atoms with Crippen molar-refractivity contribution in [3.63, 3.8) is 0 Å². The van der Waals surface area contributed by atoms with Crippen LogP contribution < -0.4 is 5.32 Å². The molecule has 0 atom stereocenters. The molecular formula is C22H24F3N5O. The van der Waals surface area contributed by atoms with Gasteiger partial charge < -0.3 is 9.88 Å². The smallest absolute Gasteiger partial charge is 0.330 e. The summed E-state index contributed by atoms with van der Waals surface area (Å²) in [6, 6.07) is 12.7. The van der Waals surface area contributed by atoms with Crippen molar-refractivity contribution < 1.29 is 18.0 Å². The van der Waals surface area contributed by atoms with Gasteiger partial charge in [0.15, 0.2) is 0 Å². The van der Waals surface area contributed by atoms with Crippen molar-refractivity contribution in [2.45, 2.75) is 12.7 Å². The molecule has 164 valence electrons. The maximum Gasteiger partial charge on any atom is 0.416 e.